The van der Waals surface area contributed by atoms with Gasteiger partial charge in [0.05, 0.1) is 23.7 Å². The molecule has 0 bridgehead atoms. The first-order valence-corrected chi connectivity index (χ1v) is 10.2. The third kappa shape index (κ3) is 5.29. The number of benzene rings is 2. The Morgan fingerprint density at radius 3 is 2.62 bits per heavy atom. The van der Waals surface area contributed by atoms with Gasteiger partial charge in [0.15, 0.2) is 6.10 Å². The highest BCUT2D eigenvalue weighted by Crippen LogP contribution is 2.29. The van der Waals surface area contributed by atoms with Crippen LogP contribution in [0.1, 0.15) is 13.8 Å². The van der Waals surface area contributed by atoms with Crippen molar-refractivity contribution in [3.8, 4) is 5.75 Å². The topological polar surface area (TPSA) is 84.9 Å². The molecule has 0 saturated carbocycles. The molecule has 2 aromatic carbocycles. The van der Waals surface area contributed by atoms with Crippen molar-refractivity contribution in [2.45, 2.75) is 24.8 Å². The second kappa shape index (κ2) is 9.47. The normalized spacial score (nSPS) is 13.9. The number of carbonyl (C=O) groups is 3. The molecule has 0 saturated heterocycles. The maximum atomic E-state index is 12.8. The number of rotatable bonds is 7. The number of hydrogen-bond acceptors (Lipinski definition) is 6. The van der Waals surface area contributed by atoms with Crippen molar-refractivity contribution < 1.29 is 23.9 Å². The van der Waals surface area contributed by atoms with E-state index >= 15 is 0 Å². The van der Waals surface area contributed by atoms with Crippen molar-refractivity contribution in [3.05, 3.63) is 48.5 Å². The Morgan fingerprint density at radius 1 is 1.17 bits per heavy atom. The number of carbonyl (C=O) groups excluding carboxylic acids is 3. The van der Waals surface area contributed by atoms with Crippen molar-refractivity contribution in [3.63, 3.8) is 0 Å². The molecule has 1 atom stereocenters. The minimum atomic E-state index is -0.998. The molecule has 1 heterocycles. The standard InChI is InChI=1S/C21H22N2O5S/c1-3-27-15-8-10-16(11-9-15)29-13-20(25)28-14(2)21(26)23-12-19(24)22-17-6-4-5-7-18(17)23/h4-11,14H,3,12-13H2,1-2H3,(H,22,24)/t14-/m1/s1. The predicted octanol–water partition coefficient (Wildman–Crippen LogP) is 3.09. The molecule has 8 heteroatoms. The molecule has 2 amide bonds. The molecule has 2 aromatic rings. The van der Waals surface area contributed by atoms with Crippen LogP contribution in [0.4, 0.5) is 11.4 Å². The SMILES string of the molecule is CCOc1ccc(SCC(=O)O[C@H](C)C(=O)N2CC(=O)Nc3ccccc32)cc1. The Labute approximate surface area is 173 Å². The highest BCUT2D eigenvalue weighted by Gasteiger charge is 2.31. The van der Waals surface area contributed by atoms with Crippen LogP contribution in [0.25, 0.3) is 0 Å². The van der Waals surface area contributed by atoms with E-state index in [1.165, 1.54) is 23.6 Å². The van der Waals surface area contributed by atoms with Gasteiger partial charge < -0.3 is 14.8 Å². The first-order valence-electron chi connectivity index (χ1n) is 9.23. The van der Waals surface area contributed by atoms with Crippen LogP contribution in [0, 0.1) is 0 Å². The maximum absolute atomic E-state index is 12.8. The molecule has 1 aliphatic heterocycles. The molecular formula is C21H22N2O5S. The Bertz CT molecular complexity index is 900. The monoisotopic (exact) mass is 414 g/mol. The van der Waals surface area contributed by atoms with Gasteiger partial charge in [0.1, 0.15) is 12.3 Å². The third-order valence-corrected chi connectivity index (χ3v) is 5.17. The van der Waals surface area contributed by atoms with Gasteiger partial charge in [-0.2, -0.15) is 0 Å². The number of hydrogen-bond donors (Lipinski definition) is 1. The molecule has 3 rings (SSSR count). The van der Waals surface area contributed by atoms with Crippen molar-refractivity contribution in [2.24, 2.45) is 0 Å². The van der Waals surface area contributed by atoms with Crippen LogP contribution in [-0.4, -0.2) is 42.8 Å². The van der Waals surface area contributed by atoms with Gasteiger partial charge in [-0.3, -0.25) is 19.3 Å². The van der Waals surface area contributed by atoms with E-state index in [0.29, 0.717) is 18.0 Å². The molecule has 1 aliphatic rings. The zero-order valence-corrected chi connectivity index (χ0v) is 17.0. The molecule has 0 radical (unpaired) electrons. The summed E-state index contributed by atoms with van der Waals surface area (Å²) in [4.78, 5) is 39.1. The van der Waals surface area contributed by atoms with E-state index in [9.17, 15) is 14.4 Å². The van der Waals surface area contributed by atoms with E-state index in [4.69, 9.17) is 9.47 Å². The summed E-state index contributed by atoms with van der Waals surface area (Å²) in [6.07, 6.45) is -0.998. The average Bonchev–Trinajstić information content (AvgIpc) is 2.72. The summed E-state index contributed by atoms with van der Waals surface area (Å²) >= 11 is 1.31. The molecule has 0 spiro atoms. The van der Waals surface area contributed by atoms with E-state index < -0.39 is 18.0 Å². The van der Waals surface area contributed by atoms with Crippen LogP contribution in [0.5, 0.6) is 5.75 Å². The summed E-state index contributed by atoms with van der Waals surface area (Å²) in [5.74, 6) is -0.389. The summed E-state index contributed by atoms with van der Waals surface area (Å²) in [5.41, 5.74) is 1.14. The van der Waals surface area contributed by atoms with Gasteiger partial charge in [-0.05, 0) is 50.2 Å². The minimum Gasteiger partial charge on any atom is -0.494 e. The van der Waals surface area contributed by atoms with E-state index in [1.807, 2.05) is 31.2 Å². The molecule has 0 unspecified atom stereocenters. The zero-order valence-electron chi connectivity index (χ0n) is 16.2. The number of fused-ring (bicyclic) bond motifs is 1. The highest BCUT2D eigenvalue weighted by molar-refractivity contribution is 8.00. The van der Waals surface area contributed by atoms with Gasteiger partial charge in [-0.25, -0.2) is 0 Å². The molecular weight excluding hydrogens is 392 g/mol. The summed E-state index contributed by atoms with van der Waals surface area (Å²) in [6, 6.07) is 14.4. The number of amides is 2. The number of anilines is 2. The first-order chi connectivity index (χ1) is 14.0. The number of para-hydroxylation sites is 2. The van der Waals surface area contributed by atoms with Crippen LogP contribution < -0.4 is 15.0 Å². The third-order valence-electron chi connectivity index (χ3n) is 4.18. The predicted molar refractivity (Wildman–Crippen MR) is 111 cm³/mol. The van der Waals surface area contributed by atoms with E-state index in [0.717, 1.165) is 10.6 Å². The van der Waals surface area contributed by atoms with Crippen molar-refractivity contribution >= 4 is 40.9 Å². The lowest BCUT2D eigenvalue weighted by molar-refractivity contribution is -0.151. The van der Waals surface area contributed by atoms with Gasteiger partial charge in [-0.15, -0.1) is 11.8 Å². The van der Waals surface area contributed by atoms with Gasteiger partial charge in [0.2, 0.25) is 5.91 Å². The lowest BCUT2D eigenvalue weighted by Gasteiger charge is -2.30. The summed E-state index contributed by atoms with van der Waals surface area (Å²) in [5, 5.41) is 2.72. The van der Waals surface area contributed by atoms with Crippen LogP contribution >= 0.6 is 11.8 Å². The highest BCUT2D eigenvalue weighted by atomic mass is 32.2. The average molecular weight is 414 g/mol. The minimum absolute atomic E-state index is 0.0721. The number of nitrogens with zero attached hydrogens (tertiary/aromatic N) is 1. The fourth-order valence-electron chi connectivity index (χ4n) is 2.87. The Hall–Kier alpha value is -3.00. The quantitative estimate of drug-likeness (QED) is 0.554. The van der Waals surface area contributed by atoms with E-state index in [-0.39, 0.29) is 18.2 Å². The van der Waals surface area contributed by atoms with Gasteiger partial charge in [-0.1, -0.05) is 12.1 Å². The Balaban J connectivity index is 1.55. The molecule has 0 aliphatic carbocycles. The number of thioether (sulfide) groups is 1. The van der Waals surface area contributed by atoms with Crippen LogP contribution in [-0.2, 0) is 19.1 Å². The van der Waals surface area contributed by atoms with Crippen LogP contribution in [0.15, 0.2) is 53.4 Å². The van der Waals surface area contributed by atoms with Gasteiger partial charge in [0, 0.05) is 4.90 Å². The fraction of sp³-hybridized carbons (Fsp3) is 0.286. The van der Waals surface area contributed by atoms with Crippen molar-refractivity contribution in [1.29, 1.82) is 0 Å². The van der Waals surface area contributed by atoms with Crippen molar-refractivity contribution in [1.82, 2.24) is 0 Å². The molecule has 0 fully saturated rings. The molecule has 1 N–H and O–H groups in total. The molecule has 29 heavy (non-hydrogen) atoms. The van der Waals surface area contributed by atoms with E-state index in [2.05, 4.69) is 5.32 Å². The van der Waals surface area contributed by atoms with Gasteiger partial charge >= 0.3 is 5.97 Å². The Kier molecular flexibility index (Phi) is 6.77. The number of esters is 1. The Morgan fingerprint density at radius 2 is 1.90 bits per heavy atom. The largest absolute Gasteiger partial charge is 0.494 e. The lowest BCUT2D eigenvalue weighted by Crippen LogP contribution is -2.47. The van der Waals surface area contributed by atoms with Crippen LogP contribution in [0.2, 0.25) is 0 Å². The molecule has 7 nitrogen and oxygen atoms in total. The second-order valence-corrected chi connectivity index (χ2v) is 7.36. The smallest absolute Gasteiger partial charge is 0.317 e. The fourth-order valence-corrected chi connectivity index (χ4v) is 3.55. The maximum Gasteiger partial charge on any atom is 0.317 e. The number of ether oxygens (including phenoxy) is 2. The summed E-state index contributed by atoms with van der Waals surface area (Å²) in [7, 11) is 0. The lowest BCUT2D eigenvalue weighted by atomic mass is 10.1. The molecule has 0 aromatic heterocycles. The second-order valence-electron chi connectivity index (χ2n) is 6.31. The summed E-state index contributed by atoms with van der Waals surface area (Å²) in [6.45, 7) is 3.90. The van der Waals surface area contributed by atoms with Gasteiger partial charge in [0.25, 0.3) is 5.91 Å². The van der Waals surface area contributed by atoms with Crippen molar-refractivity contribution in [2.75, 3.05) is 29.1 Å². The zero-order chi connectivity index (χ0) is 20.8. The van der Waals surface area contributed by atoms with E-state index in [1.54, 1.807) is 24.3 Å². The first kappa shape index (κ1) is 20.7. The van der Waals surface area contributed by atoms with Crippen LogP contribution in [0.3, 0.4) is 0 Å². The number of nitrogens with one attached hydrogen (secondary N) is 1. The molecule has 152 valence electrons. The summed E-state index contributed by atoms with van der Waals surface area (Å²) < 4.78 is 10.7.